The van der Waals surface area contributed by atoms with Crippen LogP contribution in [0.25, 0.3) is 17.2 Å². The van der Waals surface area contributed by atoms with Crippen molar-refractivity contribution in [1.82, 2.24) is 10.2 Å². The summed E-state index contributed by atoms with van der Waals surface area (Å²) in [6.07, 6.45) is 2.71. The average molecular weight is 509 g/mol. The summed E-state index contributed by atoms with van der Waals surface area (Å²) in [6, 6.07) is 11.2. The minimum absolute atomic E-state index is 0.201. The molecule has 1 amide bonds. The number of amides is 1. The highest BCUT2D eigenvalue weighted by atomic mass is 35.5. The van der Waals surface area contributed by atoms with E-state index >= 15 is 0 Å². The van der Waals surface area contributed by atoms with Gasteiger partial charge in [-0.2, -0.15) is 0 Å². The summed E-state index contributed by atoms with van der Waals surface area (Å²) in [5.41, 5.74) is 2.56. The van der Waals surface area contributed by atoms with Crippen molar-refractivity contribution in [2.75, 3.05) is 39.5 Å². The van der Waals surface area contributed by atoms with Crippen LogP contribution in [0.15, 0.2) is 41.3 Å². The Morgan fingerprint density at radius 1 is 1.19 bits per heavy atom. The largest absolute Gasteiger partial charge is 0.493 e. The molecular weight excluding hydrogens is 487 g/mol. The van der Waals surface area contributed by atoms with Crippen molar-refractivity contribution in [1.29, 1.82) is 0 Å². The van der Waals surface area contributed by atoms with Crippen molar-refractivity contribution in [3.63, 3.8) is 0 Å². The number of hydrogen-bond acceptors (Lipinski definition) is 6. The average Bonchev–Trinajstić information content (AvgIpc) is 3.09. The van der Waals surface area contributed by atoms with Crippen molar-refractivity contribution in [2.24, 2.45) is 0 Å². The number of nitrogens with one attached hydrogen (secondary N) is 1. The zero-order chi connectivity index (χ0) is 22.5. The minimum atomic E-state index is -0.201. The van der Waals surface area contributed by atoms with Crippen LogP contribution >= 0.6 is 47.2 Å². The molecule has 2 aromatic rings. The van der Waals surface area contributed by atoms with Crippen LogP contribution in [0, 0.1) is 0 Å². The van der Waals surface area contributed by atoms with E-state index < -0.39 is 0 Å². The van der Waals surface area contributed by atoms with E-state index in [-0.39, 0.29) is 5.91 Å². The Hall–Kier alpha value is -1.61. The normalized spacial score (nSPS) is 18.2. The fourth-order valence-corrected chi connectivity index (χ4v) is 5.09. The van der Waals surface area contributed by atoms with Gasteiger partial charge in [-0.15, -0.1) is 0 Å². The number of halogens is 2. The molecule has 0 unspecified atom stereocenters. The summed E-state index contributed by atoms with van der Waals surface area (Å²) < 4.78 is 12.0. The van der Waals surface area contributed by atoms with Gasteiger partial charge in [-0.3, -0.25) is 9.69 Å². The van der Waals surface area contributed by atoms with E-state index in [0.717, 1.165) is 56.0 Å². The van der Waals surface area contributed by atoms with Gasteiger partial charge < -0.3 is 14.8 Å². The summed E-state index contributed by atoms with van der Waals surface area (Å²) in [4.78, 5) is 15.1. The Morgan fingerprint density at radius 2 is 2.00 bits per heavy atom. The predicted octanol–water partition coefficient (Wildman–Crippen LogP) is 5.25. The van der Waals surface area contributed by atoms with Gasteiger partial charge in [-0.25, -0.2) is 0 Å². The molecule has 2 aliphatic rings. The monoisotopic (exact) mass is 508 g/mol. The van der Waals surface area contributed by atoms with Crippen LogP contribution in [0.4, 0.5) is 0 Å². The molecule has 2 aliphatic heterocycles. The first-order chi connectivity index (χ1) is 15.5. The summed E-state index contributed by atoms with van der Waals surface area (Å²) in [7, 11) is 0. The molecule has 0 spiro atoms. The summed E-state index contributed by atoms with van der Waals surface area (Å²) in [6.45, 7) is 5.03. The van der Waals surface area contributed by atoms with Crippen LogP contribution in [0.2, 0.25) is 10.0 Å². The van der Waals surface area contributed by atoms with E-state index in [0.29, 0.717) is 31.6 Å². The van der Waals surface area contributed by atoms with Crippen molar-refractivity contribution in [2.45, 2.75) is 6.42 Å². The molecule has 9 heteroatoms. The lowest BCUT2D eigenvalue weighted by Crippen LogP contribution is -2.37. The zero-order valence-electron chi connectivity index (χ0n) is 17.2. The van der Waals surface area contributed by atoms with Gasteiger partial charge >= 0.3 is 0 Å². The predicted molar refractivity (Wildman–Crippen MR) is 136 cm³/mol. The van der Waals surface area contributed by atoms with Crippen LogP contribution in [0.5, 0.6) is 5.75 Å². The van der Waals surface area contributed by atoms with E-state index in [1.807, 2.05) is 30.3 Å². The molecule has 0 aliphatic carbocycles. The maximum atomic E-state index is 12.2. The van der Waals surface area contributed by atoms with Gasteiger partial charge in [0.25, 0.3) is 5.91 Å². The Balaban J connectivity index is 1.55. The molecule has 0 aromatic heterocycles. The van der Waals surface area contributed by atoms with E-state index in [9.17, 15) is 4.79 Å². The smallest absolute Gasteiger partial charge is 0.263 e. The number of thioether (sulfide) groups is 1. The number of ether oxygens (including phenoxy) is 2. The maximum Gasteiger partial charge on any atom is 0.263 e. The third-order valence-corrected chi connectivity index (χ3v) is 6.87. The molecule has 0 radical (unpaired) electrons. The summed E-state index contributed by atoms with van der Waals surface area (Å²) in [5.74, 6) is 0.507. The molecule has 0 saturated carbocycles. The fraction of sp³-hybridized carbons (Fsp3) is 0.304. The number of benzene rings is 2. The third kappa shape index (κ3) is 6.04. The fourth-order valence-electron chi connectivity index (χ4n) is 3.54. The molecule has 0 bridgehead atoms. The van der Waals surface area contributed by atoms with Crippen LogP contribution in [0.1, 0.15) is 12.0 Å². The van der Waals surface area contributed by atoms with Crippen molar-refractivity contribution < 1.29 is 14.3 Å². The number of nitrogens with zero attached hydrogens (tertiary/aromatic N) is 1. The Kier molecular flexibility index (Phi) is 8.10. The standard InChI is InChI=1S/C23H22Cl2N2O3S2/c24-17-3-4-18(19(25)14-17)15-2-5-20(30-9-1-6-27-7-10-29-11-8-27)16(12-15)13-21-22(28)26-23(31)32-21/h2-5,12-14H,1,6-11H2,(H,26,28,31)/b21-13-. The van der Waals surface area contributed by atoms with Gasteiger partial charge in [0.2, 0.25) is 0 Å². The third-order valence-electron chi connectivity index (χ3n) is 5.16. The van der Waals surface area contributed by atoms with Crippen LogP contribution in [0.3, 0.4) is 0 Å². The van der Waals surface area contributed by atoms with Gasteiger partial charge in [0.05, 0.1) is 24.7 Å². The minimum Gasteiger partial charge on any atom is -0.493 e. The first kappa shape index (κ1) is 23.5. The molecule has 4 rings (SSSR count). The molecular formula is C23H22Cl2N2O3S2. The topological polar surface area (TPSA) is 50.8 Å². The highest BCUT2D eigenvalue weighted by Gasteiger charge is 2.23. The SMILES string of the molecule is O=C1NC(=S)S/C1=C\c1cc(-c2ccc(Cl)cc2Cl)ccc1OCCCN1CCOCC1. The highest BCUT2D eigenvalue weighted by molar-refractivity contribution is 8.26. The second-order valence-corrected chi connectivity index (χ2v) is 9.95. The molecule has 2 saturated heterocycles. The number of rotatable bonds is 7. The lowest BCUT2D eigenvalue weighted by atomic mass is 10.0. The van der Waals surface area contributed by atoms with Crippen molar-refractivity contribution >= 4 is 63.5 Å². The van der Waals surface area contributed by atoms with E-state index in [1.54, 1.807) is 12.1 Å². The molecule has 2 fully saturated rings. The van der Waals surface area contributed by atoms with E-state index in [2.05, 4.69) is 10.2 Å². The van der Waals surface area contributed by atoms with Gasteiger partial charge in [-0.05, 0) is 42.3 Å². The van der Waals surface area contributed by atoms with Gasteiger partial charge in [0, 0.05) is 40.8 Å². The molecule has 168 valence electrons. The van der Waals surface area contributed by atoms with Gasteiger partial charge in [0.15, 0.2) is 0 Å². The van der Waals surface area contributed by atoms with Crippen molar-refractivity contribution in [3.8, 4) is 16.9 Å². The molecule has 0 atom stereocenters. The van der Waals surface area contributed by atoms with E-state index in [4.69, 9.17) is 44.9 Å². The van der Waals surface area contributed by atoms with Crippen molar-refractivity contribution in [3.05, 3.63) is 56.9 Å². The summed E-state index contributed by atoms with van der Waals surface area (Å²) >= 11 is 18.8. The zero-order valence-corrected chi connectivity index (χ0v) is 20.4. The van der Waals surface area contributed by atoms with Crippen LogP contribution in [-0.4, -0.2) is 54.6 Å². The van der Waals surface area contributed by atoms with E-state index in [1.165, 1.54) is 11.8 Å². The molecule has 2 heterocycles. The first-order valence-electron chi connectivity index (χ1n) is 10.3. The number of morpholine rings is 1. The Labute approximate surface area is 207 Å². The second-order valence-electron chi connectivity index (χ2n) is 7.39. The van der Waals surface area contributed by atoms with Gasteiger partial charge in [0.1, 0.15) is 10.1 Å². The summed E-state index contributed by atoms with van der Waals surface area (Å²) in [5, 5.41) is 3.79. The molecule has 2 aromatic carbocycles. The lowest BCUT2D eigenvalue weighted by molar-refractivity contribution is -0.115. The first-order valence-corrected chi connectivity index (χ1v) is 12.2. The quantitative estimate of drug-likeness (QED) is 0.313. The van der Waals surface area contributed by atoms with Crippen LogP contribution in [-0.2, 0) is 9.53 Å². The number of carbonyl (C=O) groups is 1. The molecule has 32 heavy (non-hydrogen) atoms. The number of carbonyl (C=O) groups excluding carboxylic acids is 1. The van der Waals surface area contributed by atoms with Gasteiger partial charge in [-0.1, -0.05) is 59.3 Å². The maximum absolute atomic E-state index is 12.2. The Morgan fingerprint density at radius 3 is 2.72 bits per heavy atom. The number of hydrogen-bond donors (Lipinski definition) is 1. The second kappa shape index (κ2) is 11.0. The molecule has 1 N–H and O–H groups in total. The van der Waals surface area contributed by atoms with Crippen LogP contribution < -0.4 is 10.1 Å². The Bertz CT molecular complexity index is 1060. The lowest BCUT2D eigenvalue weighted by Gasteiger charge is -2.26. The number of thiocarbonyl (C=S) groups is 1. The highest BCUT2D eigenvalue weighted by Crippen LogP contribution is 2.35. The molecule has 5 nitrogen and oxygen atoms in total.